The van der Waals surface area contributed by atoms with Crippen molar-refractivity contribution in [2.45, 2.75) is 12.5 Å². The van der Waals surface area contributed by atoms with E-state index in [1.165, 1.54) is 0 Å². The number of carbonyl (C=O) groups excluding carboxylic acids is 2. The Bertz CT molecular complexity index is 1020. The predicted molar refractivity (Wildman–Crippen MR) is 114 cm³/mol. The van der Waals surface area contributed by atoms with Gasteiger partial charge in [0, 0.05) is 11.6 Å². The Morgan fingerprint density at radius 2 is 1.47 bits per heavy atom. The zero-order valence-electron chi connectivity index (χ0n) is 16.3. The van der Waals surface area contributed by atoms with Gasteiger partial charge in [-0.25, -0.2) is 4.79 Å². The number of rotatable bonds is 6. The molecule has 0 saturated carbocycles. The maximum absolute atomic E-state index is 12.1. The molecule has 0 saturated heterocycles. The van der Waals surface area contributed by atoms with Crippen LogP contribution in [0.4, 0.5) is 10.5 Å². The molecule has 0 unspecified atom stereocenters. The lowest BCUT2D eigenvalue weighted by Crippen LogP contribution is -2.33. The second kappa shape index (κ2) is 8.80. The molecule has 3 N–H and O–H groups in total. The summed E-state index contributed by atoms with van der Waals surface area (Å²) < 4.78 is 5.41. The van der Waals surface area contributed by atoms with E-state index in [1.807, 2.05) is 24.3 Å². The van der Waals surface area contributed by atoms with Crippen LogP contribution in [0.2, 0.25) is 0 Å². The number of ether oxygens (including phenoxy) is 1. The van der Waals surface area contributed by atoms with Gasteiger partial charge in [-0.2, -0.15) is 0 Å². The molecule has 3 aromatic rings. The fraction of sp³-hybridized carbons (Fsp3) is 0.167. The molecule has 0 bridgehead atoms. The number of anilines is 1. The standard InChI is InChI=1S/C24H22N2O4/c27-14-16-9-11-17(12-10-16)26-23(28)13-25-24(29)30-15-22-20-7-3-1-5-18(20)19-6-2-4-8-21(19)22/h1-12,22,27H,13-15H2,(H,25,29)(H,26,28). The van der Waals surface area contributed by atoms with Crippen molar-refractivity contribution in [3.63, 3.8) is 0 Å². The van der Waals surface area contributed by atoms with Crippen molar-refractivity contribution in [2.75, 3.05) is 18.5 Å². The summed E-state index contributed by atoms with van der Waals surface area (Å²) in [6.45, 7) is -0.0555. The van der Waals surface area contributed by atoms with E-state index in [0.29, 0.717) is 5.69 Å². The first-order valence-electron chi connectivity index (χ1n) is 9.74. The summed E-state index contributed by atoms with van der Waals surface area (Å²) in [4.78, 5) is 24.2. The molecule has 0 heterocycles. The molecule has 0 spiro atoms. The molecule has 0 fully saturated rings. The quantitative estimate of drug-likeness (QED) is 0.587. The third-order valence-electron chi connectivity index (χ3n) is 5.16. The lowest BCUT2D eigenvalue weighted by Gasteiger charge is -2.14. The minimum atomic E-state index is -0.636. The van der Waals surface area contributed by atoms with E-state index in [0.717, 1.165) is 27.8 Å². The first-order valence-corrected chi connectivity index (χ1v) is 9.74. The number of aliphatic hydroxyl groups is 1. The Hall–Kier alpha value is -3.64. The minimum absolute atomic E-state index is 0.0259. The highest BCUT2D eigenvalue weighted by Crippen LogP contribution is 2.44. The lowest BCUT2D eigenvalue weighted by molar-refractivity contribution is -0.115. The van der Waals surface area contributed by atoms with E-state index in [2.05, 4.69) is 34.9 Å². The van der Waals surface area contributed by atoms with Crippen molar-refractivity contribution in [1.29, 1.82) is 0 Å². The van der Waals surface area contributed by atoms with Crippen molar-refractivity contribution >= 4 is 17.7 Å². The fourth-order valence-corrected chi connectivity index (χ4v) is 3.70. The highest BCUT2D eigenvalue weighted by molar-refractivity contribution is 5.93. The molecule has 1 aliphatic carbocycles. The average molecular weight is 402 g/mol. The van der Waals surface area contributed by atoms with Crippen LogP contribution in [0, 0.1) is 0 Å². The molecule has 152 valence electrons. The zero-order chi connectivity index (χ0) is 20.9. The Kier molecular flexibility index (Phi) is 5.77. The first kappa shape index (κ1) is 19.7. The van der Waals surface area contributed by atoms with Gasteiger partial charge in [-0.1, -0.05) is 60.7 Å². The highest BCUT2D eigenvalue weighted by atomic mass is 16.5. The molecule has 0 atom stereocenters. The molecule has 6 heteroatoms. The molecule has 4 rings (SSSR count). The van der Waals surface area contributed by atoms with E-state index in [4.69, 9.17) is 9.84 Å². The molecule has 0 radical (unpaired) electrons. The number of benzene rings is 3. The van der Waals surface area contributed by atoms with Gasteiger partial charge in [0.15, 0.2) is 0 Å². The van der Waals surface area contributed by atoms with Gasteiger partial charge in [0.1, 0.15) is 13.2 Å². The summed E-state index contributed by atoms with van der Waals surface area (Å²) in [5, 5.41) is 14.2. The summed E-state index contributed by atoms with van der Waals surface area (Å²) in [7, 11) is 0. The van der Waals surface area contributed by atoms with Crippen LogP contribution in [0.5, 0.6) is 0 Å². The normalized spacial score (nSPS) is 12.0. The molecular formula is C24H22N2O4. The third kappa shape index (κ3) is 4.18. The van der Waals surface area contributed by atoms with E-state index in [9.17, 15) is 9.59 Å². The molecular weight excluding hydrogens is 380 g/mol. The number of carbonyl (C=O) groups is 2. The van der Waals surface area contributed by atoms with Crippen LogP contribution >= 0.6 is 0 Å². The van der Waals surface area contributed by atoms with Crippen molar-refractivity contribution in [3.8, 4) is 11.1 Å². The van der Waals surface area contributed by atoms with Crippen LogP contribution in [-0.2, 0) is 16.1 Å². The van der Waals surface area contributed by atoms with Gasteiger partial charge in [-0.05, 0) is 39.9 Å². The van der Waals surface area contributed by atoms with E-state index >= 15 is 0 Å². The van der Waals surface area contributed by atoms with Gasteiger partial charge in [0.2, 0.25) is 5.91 Å². The molecule has 2 amide bonds. The first-order chi connectivity index (χ1) is 14.7. The van der Waals surface area contributed by atoms with E-state index in [-0.39, 0.29) is 31.6 Å². The second-order valence-corrected chi connectivity index (χ2v) is 7.08. The number of hydrogen-bond acceptors (Lipinski definition) is 4. The maximum atomic E-state index is 12.1. The Morgan fingerprint density at radius 3 is 2.07 bits per heavy atom. The second-order valence-electron chi connectivity index (χ2n) is 7.08. The summed E-state index contributed by atoms with van der Waals surface area (Å²) >= 11 is 0. The van der Waals surface area contributed by atoms with Crippen molar-refractivity contribution in [2.24, 2.45) is 0 Å². The minimum Gasteiger partial charge on any atom is -0.449 e. The number of aliphatic hydroxyl groups excluding tert-OH is 1. The van der Waals surface area contributed by atoms with Crippen LogP contribution < -0.4 is 10.6 Å². The van der Waals surface area contributed by atoms with Gasteiger partial charge in [-0.3, -0.25) is 4.79 Å². The smallest absolute Gasteiger partial charge is 0.407 e. The van der Waals surface area contributed by atoms with Crippen molar-refractivity contribution < 1.29 is 19.4 Å². The average Bonchev–Trinajstić information content (AvgIpc) is 3.10. The molecule has 3 aromatic carbocycles. The molecule has 0 aromatic heterocycles. The van der Waals surface area contributed by atoms with Crippen LogP contribution in [-0.4, -0.2) is 30.3 Å². The number of fused-ring (bicyclic) bond motifs is 3. The summed E-state index contributed by atoms with van der Waals surface area (Å²) in [5.41, 5.74) is 5.94. The largest absolute Gasteiger partial charge is 0.449 e. The van der Waals surface area contributed by atoms with Crippen LogP contribution in [0.15, 0.2) is 72.8 Å². The van der Waals surface area contributed by atoms with Crippen molar-refractivity contribution in [1.82, 2.24) is 5.32 Å². The molecule has 30 heavy (non-hydrogen) atoms. The van der Waals surface area contributed by atoms with E-state index < -0.39 is 6.09 Å². The van der Waals surface area contributed by atoms with Crippen molar-refractivity contribution in [3.05, 3.63) is 89.5 Å². The van der Waals surface area contributed by atoms with Gasteiger partial charge >= 0.3 is 6.09 Å². The number of amides is 2. The highest BCUT2D eigenvalue weighted by Gasteiger charge is 2.28. The lowest BCUT2D eigenvalue weighted by atomic mass is 9.98. The summed E-state index contributed by atoms with van der Waals surface area (Å²) in [6, 6.07) is 23.0. The Balaban J connectivity index is 1.30. The molecule has 0 aliphatic heterocycles. The SMILES string of the molecule is O=C(CNC(=O)OCC1c2ccccc2-c2ccccc21)Nc1ccc(CO)cc1. The van der Waals surface area contributed by atoms with Gasteiger partial charge < -0.3 is 20.5 Å². The van der Waals surface area contributed by atoms with Crippen LogP contribution in [0.25, 0.3) is 11.1 Å². The Morgan fingerprint density at radius 1 is 0.867 bits per heavy atom. The number of hydrogen-bond donors (Lipinski definition) is 3. The summed E-state index contributed by atoms with van der Waals surface area (Å²) in [5.74, 6) is -0.387. The van der Waals surface area contributed by atoms with Crippen LogP contribution in [0.1, 0.15) is 22.6 Å². The zero-order valence-corrected chi connectivity index (χ0v) is 16.3. The summed E-state index contributed by atoms with van der Waals surface area (Å²) in [6.07, 6.45) is -0.636. The van der Waals surface area contributed by atoms with Gasteiger partial charge in [-0.15, -0.1) is 0 Å². The Labute approximate surface area is 174 Å². The third-order valence-corrected chi connectivity index (χ3v) is 5.16. The van der Waals surface area contributed by atoms with E-state index in [1.54, 1.807) is 24.3 Å². The molecule has 1 aliphatic rings. The number of nitrogens with one attached hydrogen (secondary N) is 2. The molecule has 6 nitrogen and oxygen atoms in total. The van der Waals surface area contributed by atoms with Gasteiger partial charge in [0.25, 0.3) is 0 Å². The topological polar surface area (TPSA) is 87.7 Å². The van der Waals surface area contributed by atoms with Gasteiger partial charge in [0.05, 0.1) is 6.61 Å². The number of alkyl carbamates (subject to hydrolysis) is 1. The predicted octanol–water partition coefficient (Wildman–Crippen LogP) is 3.66. The van der Waals surface area contributed by atoms with Crippen LogP contribution in [0.3, 0.4) is 0 Å². The fourth-order valence-electron chi connectivity index (χ4n) is 3.70. The maximum Gasteiger partial charge on any atom is 0.407 e. The monoisotopic (exact) mass is 402 g/mol.